The first kappa shape index (κ1) is 20.5. The van der Waals surface area contributed by atoms with Crippen LogP contribution >= 0.6 is 11.3 Å². The minimum atomic E-state index is -1.18. The molecule has 1 heterocycles. The lowest BCUT2D eigenvalue weighted by Gasteiger charge is -2.12. The van der Waals surface area contributed by atoms with Crippen LogP contribution in [0.4, 0.5) is 10.8 Å². The van der Waals surface area contributed by atoms with E-state index < -0.39 is 12.0 Å². The van der Waals surface area contributed by atoms with Crippen molar-refractivity contribution in [1.82, 2.24) is 10.3 Å². The Morgan fingerprint density at radius 1 is 1.10 bits per heavy atom. The standard InChI is InChI=1S/C21H22N4O3S/c22-21-25-17(13-29-21)12-18(26)24-16-8-6-14(7-9-16)10-11-23-20(28)19(27)15-4-2-1-3-5-15/h1-9,13,19,27H,10-12H2,(H2,22,25)(H,23,28)(H,24,26)/t19-/m1/s1. The molecule has 0 aliphatic heterocycles. The van der Waals surface area contributed by atoms with Crippen LogP contribution in [0.1, 0.15) is 22.9 Å². The molecule has 3 rings (SSSR count). The Morgan fingerprint density at radius 3 is 2.48 bits per heavy atom. The fraction of sp³-hybridized carbons (Fsp3) is 0.190. The molecule has 150 valence electrons. The molecule has 1 aromatic heterocycles. The Balaban J connectivity index is 1.43. The highest BCUT2D eigenvalue weighted by molar-refractivity contribution is 7.13. The van der Waals surface area contributed by atoms with E-state index in [2.05, 4.69) is 15.6 Å². The topological polar surface area (TPSA) is 117 Å². The lowest BCUT2D eigenvalue weighted by Crippen LogP contribution is -2.30. The summed E-state index contributed by atoms with van der Waals surface area (Å²) >= 11 is 1.31. The molecule has 0 unspecified atom stereocenters. The molecule has 7 nitrogen and oxygen atoms in total. The molecule has 0 saturated carbocycles. The normalized spacial score (nSPS) is 11.6. The lowest BCUT2D eigenvalue weighted by atomic mass is 10.1. The number of anilines is 2. The fourth-order valence-corrected chi connectivity index (χ4v) is 3.30. The second kappa shape index (κ2) is 9.81. The van der Waals surface area contributed by atoms with Crippen molar-refractivity contribution < 1.29 is 14.7 Å². The summed E-state index contributed by atoms with van der Waals surface area (Å²) in [6.07, 6.45) is -0.396. The molecule has 0 saturated heterocycles. The summed E-state index contributed by atoms with van der Waals surface area (Å²) in [5.41, 5.74) is 8.46. The molecule has 0 aliphatic carbocycles. The number of nitrogens with one attached hydrogen (secondary N) is 2. The van der Waals surface area contributed by atoms with E-state index in [1.807, 2.05) is 30.3 Å². The second-order valence-electron chi connectivity index (χ2n) is 6.45. The number of aromatic nitrogens is 1. The number of aliphatic hydroxyl groups is 1. The number of hydrogen-bond acceptors (Lipinski definition) is 6. The van der Waals surface area contributed by atoms with Crippen molar-refractivity contribution >= 4 is 34.0 Å². The zero-order valence-electron chi connectivity index (χ0n) is 15.7. The maximum Gasteiger partial charge on any atom is 0.253 e. The van der Waals surface area contributed by atoms with Crippen molar-refractivity contribution in [1.29, 1.82) is 0 Å². The Kier molecular flexibility index (Phi) is 6.94. The summed E-state index contributed by atoms with van der Waals surface area (Å²) in [4.78, 5) is 28.2. The van der Waals surface area contributed by atoms with Crippen LogP contribution in [0.5, 0.6) is 0 Å². The molecule has 0 spiro atoms. The van der Waals surface area contributed by atoms with E-state index in [4.69, 9.17) is 5.73 Å². The van der Waals surface area contributed by atoms with Crippen LogP contribution in [0.15, 0.2) is 60.0 Å². The summed E-state index contributed by atoms with van der Waals surface area (Å²) in [5, 5.41) is 17.8. The first-order chi connectivity index (χ1) is 14.0. The van der Waals surface area contributed by atoms with Crippen LogP contribution < -0.4 is 16.4 Å². The summed E-state index contributed by atoms with van der Waals surface area (Å²) in [7, 11) is 0. The van der Waals surface area contributed by atoms with Gasteiger partial charge in [-0.3, -0.25) is 9.59 Å². The van der Waals surface area contributed by atoms with Gasteiger partial charge in [0, 0.05) is 17.6 Å². The highest BCUT2D eigenvalue weighted by atomic mass is 32.1. The molecule has 0 radical (unpaired) electrons. The first-order valence-corrected chi connectivity index (χ1v) is 9.98. The number of carbonyl (C=O) groups excluding carboxylic acids is 2. The van der Waals surface area contributed by atoms with Gasteiger partial charge in [0.2, 0.25) is 5.91 Å². The molecular formula is C21H22N4O3S. The Labute approximate surface area is 172 Å². The minimum Gasteiger partial charge on any atom is -0.378 e. The summed E-state index contributed by atoms with van der Waals surface area (Å²) < 4.78 is 0. The number of aliphatic hydroxyl groups excluding tert-OH is 1. The zero-order chi connectivity index (χ0) is 20.6. The highest BCUT2D eigenvalue weighted by Crippen LogP contribution is 2.14. The number of carbonyl (C=O) groups is 2. The van der Waals surface area contributed by atoms with Gasteiger partial charge in [-0.15, -0.1) is 11.3 Å². The third-order valence-electron chi connectivity index (χ3n) is 4.23. The molecule has 1 atom stereocenters. The summed E-state index contributed by atoms with van der Waals surface area (Å²) in [6.45, 7) is 0.402. The van der Waals surface area contributed by atoms with Crippen LogP contribution in [0.3, 0.4) is 0 Å². The molecule has 8 heteroatoms. The van der Waals surface area contributed by atoms with Crippen LogP contribution in [0.2, 0.25) is 0 Å². The molecule has 0 aliphatic rings. The summed E-state index contributed by atoms with van der Waals surface area (Å²) in [6, 6.07) is 16.2. The van der Waals surface area contributed by atoms with Gasteiger partial charge in [0.05, 0.1) is 12.1 Å². The quantitative estimate of drug-likeness (QED) is 0.455. The van der Waals surface area contributed by atoms with Crippen LogP contribution in [0, 0.1) is 0 Å². The van der Waals surface area contributed by atoms with E-state index in [-0.39, 0.29) is 12.3 Å². The van der Waals surface area contributed by atoms with E-state index in [1.54, 1.807) is 29.6 Å². The minimum absolute atomic E-state index is 0.162. The van der Waals surface area contributed by atoms with E-state index in [0.29, 0.717) is 35.0 Å². The maximum atomic E-state index is 12.0. The average Bonchev–Trinajstić information content (AvgIpc) is 3.13. The van der Waals surface area contributed by atoms with Crippen molar-refractivity contribution in [2.45, 2.75) is 18.9 Å². The Morgan fingerprint density at radius 2 is 1.83 bits per heavy atom. The van der Waals surface area contributed by atoms with E-state index in [0.717, 1.165) is 5.56 Å². The number of nitrogen functional groups attached to an aromatic ring is 1. The van der Waals surface area contributed by atoms with Crippen molar-refractivity contribution in [2.75, 3.05) is 17.6 Å². The molecule has 29 heavy (non-hydrogen) atoms. The van der Waals surface area contributed by atoms with Gasteiger partial charge in [-0.2, -0.15) is 0 Å². The largest absolute Gasteiger partial charge is 0.378 e. The second-order valence-corrected chi connectivity index (χ2v) is 7.34. The Bertz CT molecular complexity index is 958. The van der Waals surface area contributed by atoms with Crippen molar-refractivity contribution in [2.24, 2.45) is 0 Å². The van der Waals surface area contributed by atoms with Gasteiger partial charge >= 0.3 is 0 Å². The first-order valence-electron chi connectivity index (χ1n) is 9.10. The lowest BCUT2D eigenvalue weighted by molar-refractivity contribution is -0.129. The zero-order valence-corrected chi connectivity index (χ0v) is 16.5. The van der Waals surface area contributed by atoms with Crippen LogP contribution in [-0.4, -0.2) is 28.4 Å². The van der Waals surface area contributed by atoms with Gasteiger partial charge in [-0.05, 0) is 29.7 Å². The number of hydrogen-bond donors (Lipinski definition) is 4. The number of benzene rings is 2. The number of rotatable bonds is 8. The predicted octanol–water partition coefficient (Wildman–Crippen LogP) is 2.30. The van der Waals surface area contributed by atoms with Gasteiger partial charge in [0.15, 0.2) is 11.2 Å². The predicted molar refractivity (Wildman–Crippen MR) is 113 cm³/mol. The number of amides is 2. The SMILES string of the molecule is Nc1nc(CC(=O)Nc2ccc(CCNC(=O)[C@H](O)c3ccccc3)cc2)cs1. The van der Waals surface area contributed by atoms with Gasteiger partial charge in [0.1, 0.15) is 0 Å². The number of thiazole rings is 1. The molecule has 0 bridgehead atoms. The smallest absolute Gasteiger partial charge is 0.253 e. The van der Waals surface area contributed by atoms with Crippen LogP contribution in [-0.2, 0) is 22.4 Å². The van der Waals surface area contributed by atoms with Crippen molar-refractivity contribution in [3.63, 3.8) is 0 Å². The molecule has 5 N–H and O–H groups in total. The fourth-order valence-electron chi connectivity index (χ4n) is 2.74. The van der Waals surface area contributed by atoms with E-state index in [1.165, 1.54) is 11.3 Å². The van der Waals surface area contributed by atoms with Gasteiger partial charge < -0.3 is 21.5 Å². The maximum absolute atomic E-state index is 12.0. The highest BCUT2D eigenvalue weighted by Gasteiger charge is 2.16. The van der Waals surface area contributed by atoms with Gasteiger partial charge in [-0.1, -0.05) is 42.5 Å². The Hall–Kier alpha value is -3.23. The molecule has 0 fully saturated rings. The average molecular weight is 410 g/mol. The third-order valence-corrected chi connectivity index (χ3v) is 4.95. The van der Waals surface area contributed by atoms with Gasteiger partial charge in [0.25, 0.3) is 5.91 Å². The molecule has 3 aromatic rings. The van der Waals surface area contributed by atoms with E-state index in [9.17, 15) is 14.7 Å². The van der Waals surface area contributed by atoms with Gasteiger partial charge in [-0.25, -0.2) is 4.98 Å². The van der Waals surface area contributed by atoms with Crippen molar-refractivity contribution in [3.8, 4) is 0 Å². The third kappa shape index (κ3) is 6.13. The molecular weight excluding hydrogens is 388 g/mol. The number of nitrogens with two attached hydrogens (primary N) is 1. The van der Waals surface area contributed by atoms with Crippen LogP contribution in [0.25, 0.3) is 0 Å². The summed E-state index contributed by atoms with van der Waals surface area (Å²) in [5.74, 6) is -0.590. The van der Waals surface area contributed by atoms with Crippen molar-refractivity contribution in [3.05, 3.63) is 76.8 Å². The monoisotopic (exact) mass is 410 g/mol. The molecule has 2 aromatic carbocycles. The van der Waals surface area contributed by atoms with E-state index >= 15 is 0 Å². The molecule has 2 amide bonds. The number of nitrogens with zero attached hydrogens (tertiary/aromatic N) is 1.